The number of hydrogen-bond acceptors (Lipinski definition) is 2. The van der Waals surface area contributed by atoms with E-state index in [1.807, 2.05) is 37.3 Å². The van der Waals surface area contributed by atoms with Gasteiger partial charge in [-0.25, -0.2) is 4.79 Å². The van der Waals surface area contributed by atoms with Crippen molar-refractivity contribution in [3.05, 3.63) is 47.2 Å². The van der Waals surface area contributed by atoms with Crippen LogP contribution in [-0.4, -0.2) is 11.1 Å². The number of rotatable bonds is 3. The lowest BCUT2D eigenvalue weighted by Crippen LogP contribution is -2.00. The van der Waals surface area contributed by atoms with E-state index in [-0.39, 0.29) is 0 Å². The Bertz CT molecular complexity index is 592. The van der Waals surface area contributed by atoms with E-state index in [1.165, 1.54) is 0 Å². The molecule has 0 bridgehead atoms. The standard InChI is InChI=1S/C15H14O3/c1-9-12(15(16)17)14(11-7-8-11)18-13(9)10-5-3-2-4-6-10/h2-6,11H,7-8H2,1H3,(H,16,17). The third-order valence-electron chi connectivity index (χ3n) is 3.37. The Morgan fingerprint density at radius 1 is 1.28 bits per heavy atom. The van der Waals surface area contributed by atoms with E-state index in [4.69, 9.17) is 4.42 Å². The zero-order valence-electron chi connectivity index (χ0n) is 10.1. The van der Waals surface area contributed by atoms with Crippen molar-refractivity contribution >= 4 is 5.97 Å². The van der Waals surface area contributed by atoms with E-state index >= 15 is 0 Å². The summed E-state index contributed by atoms with van der Waals surface area (Å²) in [6.45, 7) is 1.82. The average molecular weight is 242 g/mol. The van der Waals surface area contributed by atoms with E-state index in [1.54, 1.807) is 0 Å². The van der Waals surface area contributed by atoms with Gasteiger partial charge in [-0.3, -0.25) is 0 Å². The normalized spacial score (nSPS) is 14.7. The van der Waals surface area contributed by atoms with Gasteiger partial charge in [0.1, 0.15) is 17.1 Å². The molecule has 3 rings (SSSR count). The van der Waals surface area contributed by atoms with Crippen molar-refractivity contribution in [3.8, 4) is 11.3 Å². The highest BCUT2D eigenvalue weighted by Crippen LogP contribution is 2.45. The molecule has 0 aliphatic heterocycles. The van der Waals surface area contributed by atoms with Gasteiger partial charge in [-0.2, -0.15) is 0 Å². The molecule has 3 nitrogen and oxygen atoms in total. The predicted octanol–water partition coefficient (Wildman–Crippen LogP) is 3.83. The van der Waals surface area contributed by atoms with Gasteiger partial charge in [-0.1, -0.05) is 30.3 Å². The molecule has 0 atom stereocenters. The van der Waals surface area contributed by atoms with E-state index in [0.717, 1.165) is 24.0 Å². The molecule has 0 saturated heterocycles. The van der Waals surface area contributed by atoms with Crippen molar-refractivity contribution in [2.24, 2.45) is 0 Å². The molecule has 1 N–H and O–H groups in total. The summed E-state index contributed by atoms with van der Waals surface area (Å²) in [4.78, 5) is 11.4. The number of hydrogen-bond donors (Lipinski definition) is 1. The van der Waals surface area contributed by atoms with Crippen LogP contribution in [0, 0.1) is 6.92 Å². The molecule has 1 aromatic heterocycles. The van der Waals surface area contributed by atoms with E-state index in [9.17, 15) is 9.90 Å². The van der Waals surface area contributed by atoms with Crippen LogP contribution in [-0.2, 0) is 0 Å². The second-order valence-electron chi connectivity index (χ2n) is 4.74. The summed E-state index contributed by atoms with van der Waals surface area (Å²) in [6, 6.07) is 9.66. The van der Waals surface area contributed by atoms with Crippen molar-refractivity contribution in [1.29, 1.82) is 0 Å². The summed E-state index contributed by atoms with van der Waals surface area (Å²) in [5, 5.41) is 9.32. The maximum absolute atomic E-state index is 11.4. The first kappa shape index (κ1) is 11.1. The molecule has 1 aromatic carbocycles. The topological polar surface area (TPSA) is 50.4 Å². The predicted molar refractivity (Wildman–Crippen MR) is 67.8 cm³/mol. The highest BCUT2D eigenvalue weighted by molar-refractivity contribution is 5.93. The Balaban J connectivity index is 2.17. The summed E-state index contributed by atoms with van der Waals surface area (Å²) in [6.07, 6.45) is 2.06. The third kappa shape index (κ3) is 1.72. The molecule has 2 aromatic rings. The fraction of sp³-hybridized carbons (Fsp3) is 0.267. The third-order valence-corrected chi connectivity index (χ3v) is 3.37. The Hall–Kier alpha value is -2.03. The molecule has 3 heteroatoms. The number of furan rings is 1. The minimum Gasteiger partial charge on any atom is -0.478 e. The molecule has 18 heavy (non-hydrogen) atoms. The smallest absolute Gasteiger partial charge is 0.339 e. The van der Waals surface area contributed by atoms with Crippen LogP contribution in [0.4, 0.5) is 0 Å². The average Bonchev–Trinajstić information content (AvgIpc) is 3.14. The van der Waals surface area contributed by atoms with Crippen LogP contribution in [0.5, 0.6) is 0 Å². The number of carboxylic acids is 1. The molecular weight excluding hydrogens is 228 g/mol. The Morgan fingerprint density at radius 3 is 2.50 bits per heavy atom. The Kier molecular flexibility index (Phi) is 2.47. The quantitative estimate of drug-likeness (QED) is 0.889. The summed E-state index contributed by atoms with van der Waals surface area (Å²) in [7, 11) is 0. The van der Waals surface area contributed by atoms with E-state index < -0.39 is 5.97 Å². The van der Waals surface area contributed by atoms with Crippen molar-refractivity contribution in [2.75, 3.05) is 0 Å². The second-order valence-corrected chi connectivity index (χ2v) is 4.74. The molecular formula is C15H14O3. The largest absolute Gasteiger partial charge is 0.478 e. The fourth-order valence-electron chi connectivity index (χ4n) is 2.30. The highest BCUT2D eigenvalue weighted by atomic mass is 16.4. The Morgan fingerprint density at radius 2 is 1.94 bits per heavy atom. The lowest BCUT2D eigenvalue weighted by atomic mass is 10.0. The summed E-state index contributed by atoms with van der Waals surface area (Å²) >= 11 is 0. The van der Waals surface area contributed by atoms with Gasteiger partial charge in [0, 0.05) is 17.0 Å². The number of aromatic carboxylic acids is 1. The molecule has 0 amide bonds. The van der Waals surface area contributed by atoms with Gasteiger partial charge >= 0.3 is 5.97 Å². The van der Waals surface area contributed by atoms with Crippen LogP contribution in [0.2, 0.25) is 0 Å². The van der Waals surface area contributed by atoms with Crippen molar-refractivity contribution in [1.82, 2.24) is 0 Å². The molecule has 1 aliphatic carbocycles. The number of carboxylic acid groups (broad SMARTS) is 1. The minimum absolute atomic E-state index is 0.298. The number of carbonyl (C=O) groups is 1. The van der Waals surface area contributed by atoms with Gasteiger partial charge < -0.3 is 9.52 Å². The summed E-state index contributed by atoms with van der Waals surface area (Å²) in [5.41, 5.74) is 2.02. The minimum atomic E-state index is -0.889. The first-order valence-corrected chi connectivity index (χ1v) is 6.10. The van der Waals surface area contributed by atoms with Gasteiger partial charge in [0.2, 0.25) is 0 Å². The van der Waals surface area contributed by atoms with Gasteiger partial charge in [0.15, 0.2) is 0 Å². The van der Waals surface area contributed by atoms with Crippen molar-refractivity contribution in [2.45, 2.75) is 25.7 Å². The van der Waals surface area contributed by atoms with Gasteiger partial charge in [-0.05, 0) is 19.8 Å². The lowest BCUT2D eigenvalue weighted by molar-refractivity contribution is 0.0693. The van der Waals surface area contributed by atoms with Crippen LogP contribution in [0.1, 0.15) is 40.4 Å². The van der Waals surface area contributed by atoms with Crippen LogP contribution in [0.25, 0.3) is 11.3 Å². The molecule has 0 radical (unpaired) electrons. The fourth-order valence-corrected chi connectivity index (χ4v) is 2.30. The SMILES string of the molecule is Cc1c(-c2ccccc2)oc(C2CC2)c1C(=O)O. The van der Waals surface area contributed by atoms with Gasteiger partial charge in [0.05, 0.1) is 0 Å². The van der Waals surface area contributed by atoms with Crippen LogP contribution in [0.3, 0.4) is 0 Å². The van der Waals surface area contributed by atoms with E-state index in [0.29, 0.717) is 23.0 Å². The molecule has 1 saturated carbocycles. The van der Waals surface area contributed by atoms with Crippen LogP contribution < -0.4 is 0 Å². The zero-order chi connectivity index (χ0) is 12.7. The first-order chi connectivity index (χ1) is 8.68. The van der Waals surface area contributed by atoms with Crippen molar-refractivity contribution < 1.29 is 14.3 Å². The highest BCUT2D eigenvalue weighted by Gasteiger charge is 2.34. The van der Waals surface area contributed by atoms with Gasteiger partial charge in [0.25, 0.3) is 0 Å². The monoisotopic (exact) mass is 242 g/mol. The maximum Gasteiger partial charge on any atom is 0.339 e. The maximum atomic E-state index is 11.4. The number of benzene rings is 1. The molecule has 1 fully saturated rings. The van der Waals surface area contributed by atoms with Crippen LogP contribution >= 0.6 is 0 Å². The summed E-state index contributed by atoms with van der Waals surface area (Å²) < 4.78 is 5.84. The molecule has 1 heterocycles. The first-order valence-electron chi connectivity index (χ1n) is 6.10. The zero-order valence-corrected chi connectivity index (χ0v) is 10.1. The van der Waals surface area contributed by atoms with Crippen molar-refractivity contribution in [3.63, 3.8) is 0 Å². The molecule has 0 unspecified atom stereocenters. The van der Waals surface area contributed by atoms with E-state index in [2.05, 4.69) is 0 Å². The molecule has 1 aliphatic rings. The molecule has 0 spiro atoms. The second kappa shape index (κ2) is 4.02. The summed E-state index contributed by atoms with van der Waals surface area (Å²) in [5.74, 6) is 0.751. The molecule has 92 valence electrons. The Labute approximate surface area is 105 Å². The van der Waals surface area contributed by atoms with Crippen LogP contribution in [0.15, 0.2) is 34.7 Å². The van der Waals surface area contributed by atoms with Gasteiger partial charge in [-0.15, -0.1) is 0 Å². The lowest BCUT2D eigenvalue weighted by Gasteiger charge is -1.97.